The molecule has 0 aliphatic carbocycles. The number of hydrogen-bond acceptors (Lipinski definition) is 4. The lowest BCUT2D eigenvalue weighted by Crippen LogP contribution is -2.53. The highest BCUT2D eigenvalue weighted by Crippen LogP contribution is 2.20. The third-order valence-corrected chi connectivity index (χ3v) is 1.22. The number of nitrogens with zero attached hydrogens (tertiary/aromatic N) is 1. The number of aliphatic imine (C=N–C) groups is 1. The summed E-state index contributed by atoms with van der Waals surface area (Å²) in [6.07, 6.45) is 0. The first kappa shape index (κ1) is 10.2. The van der Waals surface area contributed by atoms with Crippen LogP contribution in [0.4, 0.5) is 13.6 Å². The van der Waals surface area contributed by atoms with Crippen LogP contribution in [-0.4, -0.2) is 29.7 Å². The van der Waals surface area contributed by atoms with Gasteiger partial charge in [-0.3, -0.25) is 14.9 Å². The molecule has 0 bridgehead atoms. The van der Waals surface area contributed by atoms with Crippen molar-refractivity contribution in [1.82, 2.24) is 5.32 Å². The Morgan fingerprint density at radius 1 is 1.50 bits per heavy atom. The number of rotatable bonds is 0. The molecule has 0 saturated carbocycles. The molecule has 0 unspecified atom stereocenters. The molecule has 0 aromatic carbocycles. The zero-order valence-corrected chi connectivity index (χ0v) is 6.84. The Morgan fingerprint density at radius 2 is 2.07 bits per heavy atom. The summed E-state index contributed by atoms with van der Waals surface area (Å²) in [4.78, 5) is 34.1. The van der Waals surface area contributed by atoms with E-state index < -0.39 is 29.7 Å². The average molecular weight is 206 g/mol. The molecule has 1 N–H and O–H groups in total. The maximum Gasteiger partial charge on any atom is 0.399 e. The predicted molar refractivity (Wildman–Crippen MR) is 37.7 cm³/mol. The molecule has 1 aliphatic rings. The SMILES string of the molecule is CC(=O)OC1=NC(=O)NC(=O)C1(F)F. The van der Waals surface area contributed by atoms with Gasteiger partial charge in [0.1, 0.15) is 0 Å². The van der Waals surface area contributed by atoms with Crippen molar-refractivity contribution in [3.8, 4) is 0 Å². The highest BCUT2D eigenvalue weighted by Gasteiger charge is 2.51. The molecule has 0 fully saturated rings. The standard InChI is InChI=1S/C6H4F2N2O4/c1-2(11)14-4-6(7,8)3(12)9-5(13)10-4/h1H3,(H,9,12,13). The van der Waals surface area contributed by atoms with E-state index in [0.717, 1.165) is 6.92 Å². The number of esters is 1. The van der Waals surface area contributed by atoms with E-state index in [2.05, 4.69) is 9.73 Å². The van der Waals surface area contributed by atoms with Gasteiger partial charge < -0.3 is 4.74 Å². The van der Waals surface area contributed by atoms with Gasteiger partial charge in [-0.15, -0.1) is 0 Å². The Morgan fingerprint density at radius 3 is 2.57 bits per heavy atom. The summed E-state index contributed by atoms with van der Waals surface area (Å²) in [5.41, 5.74) is 0. The van der Waals surface area contributed by atoms with E-state index in [1.807, 2.05) is 0 Å². The van der Waals surface area contributed by atoms with Crippen molar-refractivity contribution in [2.75, 3.05) is 0 Å². The normalized spacial score (nSPS) is 19.8. The molecule has 1 rings (SSSR count). The van der Waals surface area contributed by atoms with E-state index in [9.17, 15) is 23.2 Å². The summed E-state index contributed by atoms with van der Waals surface area (Å²) < 4.78 is 29.6. The third-order valence-electron chi connectivity index (χ3n) is 1.22. The Kier molecular flexibility index (Phi) is 2.28. The van der Waals surface area contributed by atoms with Crippen molar-refractivity contribution in [2.45, 2.75) is 12.8 Å². The van der Waals surface area contributed by atoms with Gasteiger partial charge in [0, 0.05) is 6.92 Å². The van der Waals surface area contributed by atoms with Crippen molar-refractivity contribution < 1.29 is 27.9 Å². The molecule has 6 nitrogen and oxygen atoms in total. The van der Waals surface area contributed by atoms with Crippen LogP contribution in [0, 0.1) is 0 Å². The molecule has 0 radical (unpaired) electrons. The molecule has 3 amide bonds. The Labute approximate surface area is 75.9 Å². The number of carbonyl (C=O) groups is 3. The van der Waals surface area contributed by atoms with Gasteiger partial charge in [0.15, 0.2) is 0 Å². The van der Waals surface area contributed by atoms with Gasteiger partial charge in [0.25, 0.3) is 5.90 Å². The highest BCUT2D eigenvalue weighted by molar-refractivity contribution is 6.19. The van der Waals surface area contributed by atoms with Gasteiger partial charge in [-0.05, 0) is 0 Å². The van der Waals surface area contributed by atoms with Crippen LogP contribution >= 0.6 is 0 Å². The lowest BCUT2D eigenvalue weighted by Gasteiger charge is -2.19. The van der Waals surface area contributed by atoms with Gasteiger partial charge in [-0.2, -0.15) is 13.8 Å². The summed E-state index contributed by atoms with van der Waals surface area (Å²) in [5.74, 6) is -8.56. The quantitative estimate of drug-likeness (QED) is 0.557. The number of ether oxygens (including phenoxy) is 1. The Hall–Kier alpha value is -1.86. The molecule has 0 saturated heterocycles. The molecule has 8 heteroatoms. The predicted octanol–water partition coefficient (Wildman–Crippen LogP) is -0.167. The van der Waals surface area contributed by atoms with E-state index in [1.54, 1.807) is 0 Å². The van der Waals surface area contributed by atoms with E-state index in [-0.39, 0.29) is 0 Å². The second kappa shape index (κ2) is 3.13. The van der Waals surface area contributed by atoms with E-state index in [4.69, 9.17) is 0 Å². The summed E-state index contributed by atoms with van der Waals surface area (Å²) in [6, 6.07) is -1.29. The van der Waals surface area contributed by atoms with Crippen LogP contribution in [0.3, 0.4) is 0 Å². The van der Waals surface area contributed by atoms with E-state index in [1.165, 1.54) is 5.32 Å². The van der Waals surface area contributed by atoms with Gasteiger partial charge >= 0.3 is 23.8 Å². The molecule has 1 aliphatic heterocycles. The number of halogens is 2. The van der Waals surface area contributed by atoms with Gasteiger partial charge in [-0.1, -0.05) is 0 Å². The van der Waals surface area contributed by atoms with Crippen LogP contribution in [0.15, 0.2) is 4.99 Å². The van der Waals surface area contributed by atoms with E-state index in [0.29, 0.717) is 0 Å². The summed E-state index contributed by atoms with van der Waals surface area (Å²) in [5, 5.41) is 1.27. The van der Waals surface area contributed by atoms with E-state index >= 15 is 0 Å². The molecule has 14 heavy (non-hydrogen) atoms. The van der Waals surface area contributed by atoms with Crippen LogP contribution < -0.4 is 5.32 Å². The van der Waals surface area contributed by atoms with Gasteiger partial charge in [-0.25, -0.2) is 4.79 Å². The fourth-order valence-corrected chi connectivity index (χ4v) is 0.686. The Balaban J connectivity index is 3.04. The van der Waals surface area contributed by atoms with Crippen LogP contribution in [0.1, 0.15) is 6.92 Å². The minimum Gasteiger partial charge on any atom is -0.404 e. The Bertz CT molecular complexity index is 350. The lowest BCUT2D eigenvalue weighted by molar-refractivity contribution is -0.141. The number of carbonyl (C=O) groups excluding carboxylic acids is 3. The zero-order valence-electron chi connectivity index (χ0n) is 6.84. The molecule has 76 valence electrons. The first-order valence-corrected chi connectivity index (χ1v) is 3.35. The third kappa shape index (κ3) is 1.73. The molecule has 0 spiro atoms. The smallest absolute Gasteiger partial charge is 0.399 e. The zero-order chi connectivity index (χ0) is 10.9. The molecular weight excluding hydrogens is 202 g/mol. The van der Waals surface area contributed by atoms with Crippen LogP contribution in [0.2, 0.25) is 0 Å². The van der Waals surface area contributed by atoms with Crippen molar-refractivity contribution in [2.24, 2.45) is 4.99 Å². The minimum absolute atomic E-state index is 0.843. The maximum atomic E-state index is 12.8. The van der Waals surface area contributed by atoms with Crippen molar-refractivity contribution in [3.05, 3.63) is 0 Å². The van der Waals surface area contributed by atoms with Crippen molar-refractivity contribution in [1.29, 1.82) is 0 Å². The summed E-state index contributed by atoms with van der Waals surface area (Å²) in [6.45, 7) is 0.843. The lowest BCUT2D eigenvalue weighted by atomic mass is 10.3. The number of hydrogen-bond donors (Lipinski definition) is 1. The number of urea groups is 1. The van der Waals surface area contributed by atoms with Gasteiger partial charge in [0.05, 0.1) is 0 Å². The topological polar surface area (TPSA) is 84.8 Å². The summed E-state index contributed by atoms with van der Waals surface area (Å²) in [7, 11) is 0. The van der Waals surface area contributed by atoms with Crippen LogP contribution in [-0.2, 0) is 14.3 Å². The molecule has 1 heterocycles. The number of alkyl halides is 2. The molecule has 0 atom stereocenters. The molecular formula is C6H4F2N2O4. The number of imide groups is 1. The molecule has 0 aromatic heterocycles. The number of nitrogens with one attached hydrogen (secondary N) is 1. The highest BCUT2D eigenvalue weighted by atomic mass is 19.3. The van der Waals surface area contributed by atoms with Gasteiger partial charge in [0.2, 0.25) is 0 Å². The van der Waals surface area contributed by atoms with Crippen LogP contribution in [0.25, 0.3) is 0 Å². The average Bonchev–Trinajstić information content (AvgIpc) is 1.99. The fraction of sp³-hybridized carbons (Fsp3) is 0.333. The first-order valence-electron chi connectivity index (χ1n) is 3.35. The monoisotopic (exact) mass is 206 g/mol. The van der Waals surface area contributed by atoms with Crippen molar-refractivity contribution >= 4 is 23.8 Å². The molecule has 0 aromatic rings. The second-order valence-corrected chi connectivity index (χ2v) is 2.34. The number of amides is 3. The minimum atomic E-state index is -4.10. The van der Waals surface area contributed by atoms with Crippen LogP contribution in [0.5, 0.6) is 0 Å². The fourth-order valence-electron chi connectivity index (χ4n) is 0.686. The summed E-state index contributed by atoms with van der Waals surface area (Å²) >= 11 is 0. The maximum absolute atomic E-state index is 12.8. The van der Waals surface area contributed by atoms with Crippen molar-refractivity contribution in [3.63, 3.8) is 0 Å². The first-order chi connectivity index (χ1) is 6.34. The second-order valence-electron chi connectivity index (χ2n) is 2.34. The largest absolute Gasteiger partial charge is 0.404 e.